The number of allylic oxidation sites excluding steroid dienone is 5. The van der Waals surface area contributed by atoms with Crippen LogP contribution in [0.2, 0.25) is 0 Å². The monoisotopic (exact) mass is 478 g/mol. The predicted molar refractivity (Wildman–Crippen MR) is 102 cm³/mol. The number of benzene rings is 1. The third-order valence-electron chi connectivity index (χ3n) is 5.84. The zero-order chi connectivity index (χ0) is 24.2. The molecule has 0 bridgehead atoms. The van der Waals surface area contributed by atoms with Gasteiger partial charge in [-0.2, -0.15) is 30.7 Å². The summed E-state index contributed by atoms with van der Waals surface area (Å²) in [5.74, 6) is -14.0. The first kappa shape index (κ1) is 23.3. The lowest BCUT2D eigenvalue weighted by atomic mass is 9.64. The average molecular weight is 478 g/mol. The smallest absolute Gasteiger partial charge is 0.449 e. The van der Waals surface area contributed by atoms with Gasteiger partial charge in [0, 0.05) is 18.3 Å². The van der Waals surface area contributed by atoms with Crippen LogP contribution in [0.3, 0.4) is 0 Å². The average Bonchev–Trinajstić information content (AvgIpc) is 3.28. The molecule has 0 saturated heterocycles. The first-order valence-electron chi connectivity index (χ1n) is 9.72. The van der Waals surface area contributed by atoms with E-state index in [1.165, 1.54) is 18.2 Å². The first-order valence-corrected chi connectivity index (χ1v) is 9.72. The summed E-state index contributed by atoms with van der Waals surface area (Å²) >= 11 is 0. The molecule has 10 heteroatoms. The van der Waals surface area contributed by atoms with Crippen molar-refractivity contribution in [2.75, 3.05) is 0 Å². The summed E-state index contributed by atoms with van der Waals surface area (Å²) < 4.78 is 122. The summed E-state index contributed by atoms with van der Waals surface area (Å²) in [6.07, 6.45) is -3.93. The molecule has 0 aliphatic heterocycles. The van der Waals surface area contributed by atoms with E-state index in [0.717, 1.165) is 18.4 Å². The molecule has 33 heavy (non-hydrogen) atoms. The normalized spacial score (nSPS) is 26.9. The van der Waals surface area contributed by atoms with Crippen molar-refractivity contribution < 1.29 is 43.9 Å². The van der Waals surface area contributed by atoms with Gasteiger partial charge in [0.05, 0.1) is 6.26 Å². The number of hydrogen-bond acceptors (Lipinski definition) is 1. The SMILES string of the molecule is FC(F)(F)c1ccco1.FC1=Cc2ccccc2C2=CC=C3CC(F)(F)C(F)(F)C(F)C3C12. The van der Waals surface area contributed by atoms with E-state index in [-0.39, 0.29) is 5.57 Å². The van der Waals surface area contributed by atoms with Gasteiger partial charge in [-0.1, -0.05) is 42.0 Å². The van der Waals surface area contributed by atoms with Crippen LogP contribution >= 0.6 is 0 Å². The fraction of sp³-hybridized carbons (Fsp3) is 0.304. The van der Waals surface area contributed by atoms with Crippen molar-refractivity contribution in [1.29, 1.82) is 0 Å². The summed E-state index contributed by atoms with van der Waals surface area (Å²) in [5.41, 5.74) is 1.34. The Morgan fingerprint density at radius 2 is 1.64 bits per heavy atom. The van der Waals surface area contributed by atoms with Gasteiger partial charge in [0.1, 0.15) is 5.83 Å². The molecule has 176 valence electrons. The van der Waals surface area contributed by atoms with Gasteiger partial charge in [-0.25, -0.2) is 8.78 Å². The Bertz CT molecular complexity index is 1120. The lowest BCUT2D eigenvalue weighted by molar-refractivity contribution is -0.259. The van der Waals surface area contributed by atoms with Crippen LogP contribution in [0.4, 0.5) is 39.5 Å². The van der Waals surface area contributed by atoms with Gasteiger partial charge in [-0.3, -0.25) is 0 Å². The van der Waals surface area contributed by atoms with Gasteiger partial charge in [0.25, 0.3) is 0 Å². The maximum atomic E-state index is 14.6. The molecule has 2 aromatic rings. The van der Waals surface area contributed by atoms with Crippen molar-refractivity contribution in [3.05, 3.63) is 83.1 Å². The van der Waals surface area contributed by atoms with E-state index in [1.807, 2.05) is 0 Å². The molecule has 1 saturated carbocycles. The van der Waals surface area contributed by atoms with Crippen molar-refractivity contribution in [1.82, 2.24) is 0 Å². The van der Waals surface area contributed by atoms with Crippen LogP contribution in [0, 0.1) is 11.8 Å². The van der Waals surface area contributed by atoms with Crippen molar-refractivity contribution in [2.24, 2.45) is 11.8 Å². The maximum absolute atomic E-state index is 14.6. The number of halogens is 9. The van der Waals surface area contributed by atoms with Gasteiger partial charge in [0.2, 0.25) is 5.76 Å². The summed E-state index contributed by atoms with van der Waals surface area (Å²) in [4.78, 5) is 0. The van der Waals surface area contributed by atoms with Gasteiger partial charge in [-0.05, 0) is 34.9 Å². The Balaban J connectivity index is 0.000000243. The second-order valence-electron chi connectivity index (χ2n) is 7.86. The van der Waals surface area contributed by atoms with Crippen molar-refractivity contribution in [3.63, 3.8) is 0 Å². The fourth-order valence-corrected chi connectivity index (χ4v) is 4.30. The molecule has 0 spiro atoms. The van der Waals surface area contributed by atoms with E-state index >= 15 is 0 Å². The summed E-state index contributed by atoms with van der Waals surface area (Å²) in [7, 11) is 0. The molecule has 1 nitrogen and oxygen atoms in total. The minimum absolute atomic E-state index is 0.171. The van der Waals surface area contributed by atoms with E-state index < -0.39 is 54.0 Å². The highest BCUT2D eigenvalue weighted by molar-refractivity contribution is 5.84. The van der Waals surface area contributed by atoms with Crippen LogP contribution in [0.15, 0.2) is 70.6 Å². The minimum atomic E-state index is -4.82. The maximum Gasteiger partial charge on any atom is 0.449 e. The molecule has 1 fully saturated rings. The zero-order valence-corrected chi connectivity index (χ0v) is 16.5. The molecule has 3 aliphatic carbocycles. The standard InChI is InChI=1S/C18H12F6.C5H3F3O/c19-13-7-9-3-1-2-4-11(9)12-6-5-10-8-17(21,22)18(23,24)16(20)14(10)15(12)13;6-5(7,8)4-2-1-3-9-4/h1-7,14-16H,8H2;1-3H. The number of hydrogen-bond donors (Lipinski definition) is 0. The highest BCUT2D eigenvalue weighted by Crippen LogP contribution is 2.58. The van der Waals surface area contributed by atoms with Gasteiger partial charge in [-0.15, -0.1) is 0 Å². The van der Waals surface area contributed by atoms with Crippen LogP contribution in [0.1, 0.15) is 23.3 Å². The number of alkyl halides is 8. The lowest BCUT2D eigenvalue weighted by Gasteiger charge is -2.45. The Morgan fingerprint density at radius 3 is 2.24 bits per heavy atom. The molecule has 5 rings (SSSR count). The van der Waals surface area contributed by atoms with Crippen LogP contribution in [-0.2, 0) is 6.18 Å². The third kappa shape index (κ3) is 3.89. The Hall–Kier alpha value is -2.91. The molecule has 1 aromatic heterocycles. The summed E-state index contributed by atoms with van der Waals surface area (Å²) in [6.45, 7) is 0. The third-order valence-corrected chi connectivity index (χ3v) is 5.84. The van der Waals surface area contributed by atoms with Gasteiger partial charge < -0.3 is 4.42 Å². The highest BCUT2D eigenvalue weighted by atomic mass is 19.4. The van der Waals surface area contributed by atoms with Crippen molar-refractivity contribution in [2.45, 2.75) is 30.6 Å². The molecule has 3 aliphatic rings. The van der Waals surface area contributed by atoms with E-state index in [9.17, 15) is 39.5 Å². The van der Waals surface area contributed by atoms with E-state index in [0.29, 0.717) is 16.7 Å². The van der Waals surface area contributed by atoms with E-state index in [1.54, 1.807) is 24.3 Å². The quantitative estimate of drug-likeness (QED) is 0.351. The zero-order valence-electron chi connectivity index (χ0n) is 16.5. The minimum Gasteiger partial charge on any atom is -0.460 e. The Kier molecular flexibility index (Phi) is 5.53. The summed E-state index contributed by atoms with van der Waals surface area (Å²) in [5, 5.41) is 0. The van der Waals surface area contributed by atoms with Gasteiger partial charge >= 0.3 is 18.0 Å². The second-order valence-corrected chi connectivity index (χ2v) is 7.86. The first-order chi connectivity index (χ1) is 15.3. The second kappa shape index (κ2) is 7.85. The number of rotatable bonds is 0. The Labute approximate surface area is 181 Å². The fourth-order valence-electron chi connectivity index (χ4n) is 4.30. The molecule has 3 unspecified atom stereocenters. The van der Waals surface area contributed by atoms with Gasteiger partial charge in [0.15, 0.2) is 6.17 Å². The summed E-state index contributed by atoms with van der Waals surface area (Å²) in [6, 6.07) is 8.80. The Morgan fingerprint density at radius 1 is 0.939 bits per heavy atom. The van der Waals surface area contributed by atoms with Crippen LogP contribution in [0.5, 0.6) is 0 Å². The largest absolute Gasteiger partial charge is 0.460 e. The number of fused-ring (bicyclic) bond motifs is 5. The van der Waals surface area contributed by atoms with Crippen LogP contribution in [-0.4, -0.2) is 18.0 Å². The molecular weight excluding hydrogens is 463 g/mol. The van der Waals surface area contributed by atoms with E-state index in [4.69, 9.17) is 0 Å². The van der Waals surface area contributed by atoms with Crippen LogP contribution in [0.25, 0.3) is 11.6 Å². The molecule has 1 aromatic carbocycles. The molecular formula is C23H15F9O. The highest BCUT2D eigenvalue weighted by Gasteiger charge is 2.69. The van der Waals surface area contributed by atoms with Crippen LogP contribution < -0.4 is 0 Å². The molecule has 0 N–H and O–H groups in total. The topological polar surface area (TPSA) is 13.1 Å². The van der Waals surface area contributed by atoms with E-state index in [2.05, 4.69) is 4.42 Å². The molecule has 3 atom stereocenters. The number of furan rings is 1. The van der Waals surface area contributed by atoms with Crippen molar-refractivity contribution >= 4 is 11.6 Å². The molecule has 1 heterocycles. The predicted octanol–water partition coefficient (Wildman–Crippen LogP) is 7.88. The van der Waals surface area contributed by atoms with Crippen molar-refractivity contribution in [3.8, 4) is 0 Å². The molecule has 0 radical (unpaired) electrons. The molecule has 0 amide bonds. The lowest BCUT2D eigenvalue weighted by Crippen LogP contribution is -2.57.